The predicted octanol–water partition coefficient (Wildman–Crippen LogP) is 4.33. The first kappa shape index (κ1) is 20.8. The van der Waals surface area contributed by atoms with E-state index in [-0.39, 0.29) is 0 Å². The number of hydrogen-bond acceptors (Lipinski definition) is 2. The smallest absolute Gasteiger partial charge is 0.343 e. The molecule has 0 fully saturated rings. The molecule has 0 aliphatic rings. The molecule has 0 heterocycles. The third kappa shape index (κ3) is 4.64. The predicted molar refractivity (Wildman–Crippen MR) is 114 cm³/mol. The number of hydrogen-bond donors (Lipinski definition) is 0. The molecule has 1 atom stereocenters. The summed E-state index contributed by atoms with van der Waals surface area (Å²) in [5.41, 5.74) is 3.96. The maximum Gasteiger partial charge on any atom is 0.343 e. The average Bonchev–Trinajstić information content (AvgIpc) is 2.44. The molecule has 23 heavy (non-hydrogen) atoms. The van der Waals surface area contributed by atoms with Gasteiger partial charge in [-0.3, -0.25) is 0 Å². The Hall–Kier alpha value is -0.252. The number of aryl methyl sites for hydroxylation is 1. The Balaban J connectivity index is 3.32. The van der Waals surface area contributed by atoms with Crippen molar-refractivity contribution in [2.75, 3.05) is 0 Å². The molecule has 1 aromatic carbocycles. The minimum absolute atomic E-state index is 0.721. The van der Waals surface area contributed by atoms with Gasteiger partial charge in [-0.05, 0) is 62.3 Å². The van der Waals surface area contributed by atoms with Gasteiger partial charge in [-0.15, -0.1) is 0 Å². The summed E-state index contributed by atoms with van der Waals surface area (Å²) in [4.78, 5) is 0. The van der Waals surface area contributed by atoms with Crippen molar-refractivity contribution < 1.29 is 8.23 Å². The number of benzene rings is 1. The van der Waals surface area contributed by atoms with Crippen molar-refractivity contribution >= 4 is 40.0 Å². The summed E-state index contributed by atoms with van der Waals surface area (Å²) in [5, 5.41) is 1.33. The maximum absolute atomic E-state index is 6.88. The largest absolute Gasteiger partial charge is 0.442 e. The van der Waals surface area contributed by atoms with Crippen molar-refractivity contribution in [3.05, 3.63) is 40.6 Å². The van der Waals surface area contributed by atoms with Gasteiger partial charge in [0.05, 0.1) is 7.59 Å². The molecule has 0 saturated heterocycles. The van der Waals surface area contributed by atoms with Crippen LogP contribution >= 0.6 is 0 Å². The highest BCUT2D eigenvalue weighted by molar-refractivity contribution is 7.39. The molecule has 1 unspecified atom stereocenters. The van der Waals surface area contributed by atoms with Gasteiger partial charge in [0, 0.05) is 0 Å². The maximum atomic E-state index is 6.88. The van der Waals surface area contributed by atoms with E-state index >= 15 is 0 Å². The number of rotatable bonds is 6. The standard InChI is InChI=1S/C17H34O2Si4/c1-14-12-10-11-13-17(14)15(2)16(3)23(9,18-20)19-22(7,8)21(4,5)6/h10-13H,1-9,20H3. The van der Waals surface area contributed by atoms with Gasteiger partial charge >= 0.3 is 8.56 Å². The lowest BCUT2D eigenvalue weighted by atomic mass is 10.0. The van der Waals surface area contributed by atoms with Gasteiger partial charge in [0.15, 0.2) is 7.83 Å². The molecule has 0 saturated carbocycles. The monoisotopic (exact) mass is 382 g/mol. The first-order valence-corrected chi connectivity index (χ1v) is 18.9. The summed E-state index contributed by atoms with van der Waals surface area (Å²) in [7, 11) is -4.62. The van der Waals surface area contributed by atoms with Gasteiger partial charge in [-0.1, -0.05) is 43.9 Å². The lowest BCUT2D eigenvalue weighted by Crippen LogP contribution is -2.61. The molecule has 130 valence electrons. The van der Waals surface area contributed by atoms with Crippen molar-refractivity contribution in [3.8, 4) is 0 Å². The molecule has 0 bridgehead atoms. The molecule has 6 heteroatoms. The minimum Gasteiger partial charge on any atom is -0.442 e. The Labute approximate surface area is 149 Å². The van der Waals surface area contributed by atoms with Crippen molar-refractivity contribution in [1.29, 1.82) is 0 Å². The van der Waals surface area contributed by atoms with E-state index < -0.39 is 24.0 Å². The van der Waals surface area contributed by atoms with Crippen LogP contribution in [0.3, 0.4) is 0 Å². The van der Waals surface area contributed by atoms with Crippen LogP contribution in [0.5, 0.6) is 0 Å². The molecule has 0 spiro atoms. The Morgan fingerprint density at radius 2 is 1.48 bits per heavy atom. The van der Waals surface area contributed by atoms with E-state index in [2.05, 4.69) is 84.3 Å². The quantitative estimate of drug-likeness (QED) is 0.682. The number of allylic oxidation sites excluding steroid dienone is 2. The molecule has 0 N–H and O–H groups in total. The topological polar surface area (TPSA) is 18.5 Å². The van der Waals surface area contributed by atoms with E-state index in [0.717, 1.165) is 10.5 Å². The second-order valence-electron chi connectivity index (χ2n) is 8.08. The van der Waals surface area contributed by atoms with Crippen molar-refractivity contribution in [2.24, 2.45) is 0 Å². The molecule has 1 aromatic rings. The van der Waals surface area contributed by atoms with E-state index in [1.54, 1.807) is 0 Å². The van der Waals surface area contributed by atoms with Gasteiger partial charge in [-0.25, -0.2) is 0 Å². The molecule has 0 aliphatic carbocycles. The fourth-order valence-electron chi connectivity index (χ4n) is 2.45. The van der Waals surface area contributed by atoms with E-state index in [0.29, 0.717) is 0 Å². The first-order chi connectivity index (χ1) is 10.4. The molecular weight excluding hydrogens is 349 g/mol. The summed E-state index contributed by atoms with van der Waals surface area (Å²) in [6.45, 7) is 20.9. The van der Waals surface area contributed by atoms with E-state index in [9.17, 15) is 0 Å². The van der Waals surface area contributed by atoms with Gasteiger partial charge in [0.1, 0.15) is 10.5 Å². The highest BCUT2D eigenvalue weighted by Crippen LogP contribution is 2.32. The minimum atomic E-state index is -2.30. The summed E-state index contributed by atoms with van der Waals surface area (Å²) < 4.78 is 13.0. The Bertz CT molecular complexity index is 591. The van der Waals surface area contributed by atoms with Crippen LogP contribution in [0, 0.1) is 6.92 Å². The van der Waals surface area contributed by atoms with E-state index in [4.69, 9.17) is 8.23 Å². The highest BCUT2D eigenvalue weighted by atomic mass is 29.3. The lowest BCUT2D eigenvalue weighted by molar-refractivity contribution is 0.426. The molecule has 0 radical (unpaired) electrons. The van der Waals surface area contributed by atoms with E-state index in [1.165, 1.54) is 21.9 Å². The highest BCUT2D eigenvalue weighted by Gasteiger charge is 2.46. The lowest BCUT2D eigenvalue weighted by Gasteiger charge is -2.42. The summed E-state index contributed by atoms with van der Waals surface area (Å²) in [6.07, 6.45) is 0. The fraction of sp³-hybridized carbons (Fsp3) is 0.529. The summed E-state index contributed by atoms with van der Waals surface area (Å²) in [5.74, 6) is 0. The first-order valence-electron chi connectivity index (χ1n) is 8.35. The van der Waals surface area contributed by atoms with Gasteiger partial charge in [0.2, 0.25) is 0 Å². The van der Waals surface area contributed by atoms with Crippen molar-refractivity contribution in [1.82, 2.24) is 0 Å². The van der Waals surface area contributed by atoms with Gasteiger partial charge < -0.3 is 8.23 Å². The Morgan fingerprint density at radius 1 is 0.957 bits per heavy atom. The molecule has 0 aliphatic heterocycles. The van der Waals surface area contributed by atoms with Crippen LogP contribution in [0.15, 0.2) is 29.5 Å². The normalized spacial score (nSPS) is 16.9. The van der Waals surface area contributed by atoms with Crippen molar-refractivity contribution in [2.45, 2.75) is 60.1 Å². The zero-order chi connectivity index (χ0) is 18.1. The third-order valence-electron chi connectivity index (χ3n) is 5.44. The van der Waals surface area contributed by atoms with Crippen LogP contribution < -0.4 is 0 Å². The third-order valence-corrected chi connectivity index (χ3v) is 29.3. The second-order valence-corrected chi connectivity index (χ2v) is 28.8. The summed E-state index contributed by atoms with van der Waals surface area (Å²) in [6, 6.07) is 8.59. The molecule has 0 aromatic heterocycles. The SMILES string of the molecule is CC(=C(C)[Si](C)(O[SiH3])O[Si](C)(C)[Si](C)(C)C)c1ccccc1C. The van der Waals surface area contributed by atoms with Crippen LogP contribution in [0.1, 0.15) is 25.0 Å². The van der Waals surface area contributed by atoms with Crippen molar-refractivity contribution in [3.63, 3.8) is 0 Å². The molecular formula is C17H34O2Si4. The summed E-state index contributed by atoms with van der Waals surface area (Å²) >= 11 is 0. The van der Waals surface area contributed by atoms with Crippen LogP contribution in [-0.4, -0.2) is 34.5 Å². The van der Waals surface area contributed by atoms with Crippen LogP contribution in [-0.2, 0) is 8.23 Å². The molecule has 0 amide bonds. The van der Waals surface area contributed by atoms with Gasteiger partial charge in [-0.2, -0.15) is 0 Å². The zero-order valence-corrected chi connectivity index (χ0v) is 21.6. The molecule has 1 rings (SSSR count). The van der Waals surface area contributed by atoms with Crippen LogP contribution in [0.25, 0.3) is 5.57 Å². The van der Waals surface area contributed by atoms with Gasteiger partial charge in [0.25, 0.3) is 0 Å². The zero-order valence-electron chi connectivity index (χ0n) is 16.6. The second kappa shape index (κ2) is 7.33. The average molecular weight is 383 g/mol. The van der Waals surface area contributed by atoms with Crippen LogP contribution in [0.2, 0.25) is 39.3 Å². The van der Waals surface area contributed by atoms with E-state index in [1.807, 2.05) is 0 Å². The Kier molecular flexibility index (Phi) is 6.62. The van der Waals surface area contributed by atoms with Crippen LogP contribution in [0.4, 0.5) is 0 Å². The fourth-order valence-corrected chi connectivity index (χ4v) is 15.8. The Morgan fingerprint density at radius 3 is 1.91 bits per heavy atom. The molecule has 2 nitrogen and oxygen atoms in total.